The minimum absolute atomic E-state index is 0.0660. The Morgan fingerprint density at radius 3 is 2.56 bits per heavy atom. The predicted molar refractivity (Wildman–Crippen MR) is 142 cm³/mol. The van der Waals surface area contributed by atoms with Gasteiger partial charge in [-0.3, -0.25) is 9.69 Å². The molecule has 1 fully saturated rings. The summed E-state index contributed by atoms with van der Waals surface area (Å²) in [4.78, 5) is 13.4. The number of fused-ring (bicyclic) bond motifs is 3. The van der Waals surface area contributed by atoms with E-state index in [-0.39, 0.29) is 17.1 Å². The number of alkyl halides is 3. The van der Waals surface area contributed by atoms with Crippen LogP contribution in [0.25, 0.3) is 34.0 Å². The van der Waals surface area contributed by atoms with Crippen LogP contribution in [-0.2, 0) is 23.8 Å². The maximum Gasteiger partial charge on any atom is 0.422 e. The second-order valence-corrected chi connectivity index (χ2v) is 10.8. The number of benzene rings is 2. The summed E-state index contributed by atoms with van der Waals surface area (Å²) in [6.45, 7) is 3.30. The van der Waals surface area contributed by atoms with Gasteiger partial charge in [0.2, 0.25) is 0 Å². The summed E-state index contributed by atoms with van der Waals surface area (Å²) in [5.41, 5.74) is 2.95. The number of hydrogen-bond acceptors (Lipinski definition) is 7. The molecule has 0 amide bonds. The van der Waals surface area contributed by atoms with Crippen molar-refractivity contribution in [3.05, 3.63) is 70.3 Å². The van der Waals surface area contributed by atoms with Gasteiger partial charge in [-0.1, -0.05) is 46.7 Å². The minimum atomic E-state index is -4.74. The average molecular weight is 568 g/mol. The number of aromatic nitrogens is 2. The maximum absolute atomic E-state index is 14.3. The van der Waals surface area contributed by atoms with Crippen LogP contribution in [0, 0.1) is 12.8 Å². The number of halogens is 3. The molecule has 0 spiro atoms. The molecule has 1 aliphatic carbocycles. The first-order valence-electron chi connectivity index (χ1n) is 13.5. The number of aliphatic hydroxyl groups is 1. The van der Waals surface area contributed by atoms with E-state index in [0.29, 0.717) is 43.6 Å². The summed E-state index contributed by atoms with van der Waals surface area (Å²) in [5.74, 6) is -1.70. The zero-order valence-electron chi connectivity index (χ0n) is 22.2. The Bertz CT molecular complexity index is 1590. The van der Waals surface area contributed by atoms with Crippen LogP contribution in [0.2, 0.25) is 0 Å². The molecule has 2 aromatic carbocycles. The number of carboxylic acids is 1. The molecular formula is C30H28F3N3O5. The first-order chi connectivity index (χ1) is 19.6. The number of β-amino-alcohol motifs (C(OH)–C–C–N with tert-alkyl or cyclic N) is 1. The second kappa shape index (κ2) is 10.5. The molecule has 2 N–H and O–H groups in total. The summed E-state index contributed by atoms with van der Waals surface area (Å²) < 4.78 is 53.6. The molecule has 2 atom stereocenters. The van der Waals surface area contributed by atoms with Gasteiger partial charge in [-0.15, -0.1) is 0 Å². The van der Waals surface area contributed by atoms with Crippen LogP contribution < -0.4 is 0 Å². The first-order valence-corrected chi connectivity index (χ1v) is 13.5. The summed E-state index contributed by atoms with van der Waals surface area (Å²) in [5, 5.41) is 28.4. The van der Waals surface area contributed by atoms with E-state index in [1.807, 2.05) is 24.0 Å². The van der Waals surface area contributed by atoms with Crippen LogP contribution in [0.4, 0.5) is 13.2 Å². The van der Waals surface area contributed by atoms with Crippen LogP contribution >= 0.6 is 0 Å². The van der Waals surface area contributed by atoms with Crippen molar-refractivity contribution >= 4 is 5.97 Å². The fourth-order valence-corrected chi connectivity index (χ4v) is 6.02. The van der Waals surface area contributed by atoms with Gasteiger partial charge in [0.25, 0.3) is 0 Å². The highest BCUT2D eigenvalue weighted by atomic mass is 19.4. The van der Waals surface area contributed by atoms with E-state index in [9.17, 15) is 28.2 Å². The molecule has 2 aliphatic rings. The Balaban J connectivity index is 1.32. The van der Waals surface area contributed by atoms with E-state index in [4.69, 9.17) is 9.05 Å². The maximum atomic E-state index is 14.3. The predicted octanol–water partition coefficient (Wildman–Crippen LogP) is 5.92. The van der Waals surface area contributed by atoms with Crippen molar-refractivity contribution in [2.24, 2.45) is 5.92 Å². The Hall–Kier alpha value is -3.96. The van der Waals surface area contributed by atoms with Crippen LogP contribution in [0.5, 0.6) is 0 Å². The Kier molecular flexibility index (Phi) is 6.95. The van der Waals surface area contributed by atoms with Crippen molar-refractivity contribution in [1.82, 2.24) is 15.2 Å². The molecule has 3 heterocycles. The van der Waals surface area contributed by atoms with Gasteiger partial charge in [0.1, 0.15) is 11.3 Å². The third-order valence-electron chi connectivity index (χ3n) is 8.05. The van der Waals surface area contributed by atoms with E-state index < -0.39 is 35.4 Å². The number of nitrogens with zero attached hydrogens (tertiary/aromatic N) is 3. The molecule has 2 aromatic heterocycles. The first kappa shape index (κ1) is 27.2. The zero-order chi connectivity index (χ0) is 28.9. The van der Waals surface area contributed by atoms with E-state index in [1.54, 1.807) is 18.2 Å². The van der Waals surface area contributed by atoms with Gasteiger partial charge in [0.05, 0.1) is 12.0 Å². The van der Waals surface area contributed by atoms with Gasteiger partial charge in [0.15, 0.2) is 17.2 Å². The highest BCUT2D eigenvalue weighted by molar-refractivity contribution is 5.79. The number of aliphatic carboxylic acids is 1. The topological polar surface area (TPSA) is 113 Å². The quantitative estimate of drug-likeness (QED) is 0.295. The largest absolute Gasteiger partial charge is 0.481 e. The standard InChI is InChI=1S/C30H28F3N3O5/c1-16-12-22-18(13-21(16)23(37)15-36-11-5-8-19(14-36)29(38)39)9-10-20-25(22)34-41-28(20)26-24(30(31,32)33)27(40-35-26)17-6-3-2-4-7-17/h2-4,6-7,12-13,19,23,37H,5,8-11,14-15H2,1H3,(H,38,39)/t19-,23?/m0/s1. The van der Waals surface area contributed by atoms with Crippen molar-refractivity contribution in [1.29, 1.82) is 0 Å². The minimum Gasteiger partial charge on any atom is -0.481 e. The van der Waals surface area contributed by atoms with Crippen molar-refractivity contribution in [2.75, 3.05) is 19.6 Å². The average Bonchev–Trinajstić information content (AvgIpc) is 3.58. The van der Waals surface area contributed by atoms with Crippen molar-refractivity contribution in [3.63, 3.8) is 0 Å². The number of aliphatic hydroxyl groups excluding tert-OH is 1. The molecule has 1 unspecified atom stereocenters. The highest BCUT2D eigenvalue weighted by Gasteiger charge is 2.43. The van der Waals surface area contributed by atoms with Gasteiger partial charge < -0.3 is 19.3 Å². The number of carboxylic acid groups (broad SMARTS) is 1. The van der Waals surface area contributed by atoms with Crippen LogP contribution in [0.3, 0.4) is 0 Å². The molecule has 214 valence electrons. The molecule has 1 aliphatic heterocycles. The zero-order valence-corrected chi connectivity index (χ0v) is 22.2. The molecule has 8 nitrogen and oxygen atoms in total. The normalized spacial score (nSPS) is 18.1. The summed E-state index contributed by atoms with van der Waals surface area (Å²) in [6.07, 6.45) is -3.29. The van der Waals surface area contributed by atoms with Gasteiger partial charge in [-0.25, -0.2) is 0 Å². The third kappa shape index (κ3) is 5.04. The summed E-state index contributed by atoms with van der Waals surface area (Å²) >= 11 is 0. The molecular weight excluding hydrogens is 539 g/mol. The second-order valence-electron chi connectivity index (χ2n) is 10.8. The molecule has 0 radical (unpaired) electrons. The lowest BCUT2D eigenvalue weighted by Crippen LogP contribution is -2.40. The lowest BCUT2D eigenvalue weighted by molar-refractivity contribution is -0.143. The van der Waals surface area contributed by atoms with E-state index >= 15 is 0 Å². The fraction of sp³-hybridized carbons (Fsp3) is 0.367. The number of piperidine rings is 1. The van der Waals surface area contributed by atoms with E-state index in [0.717, 1.165) is 35.2 Å². The smallest absolute Gasteiger partial charge is 0.422 e. The number of rotatable bonds is 6. The SMILES string of the molecule is Cc1cc2c(cc1C(O)CN1CCC[C@H](C(=O)O)C1)CCc1c-2noc1-c1noc(-c2ccccc2)c1C(F)(F)F. The van der Waals surface area contributed by atoms with E-state index in [2.05, 4.69) is 10.3 Å². The monoisotopic (exact) mass is 567 g/mol. The molecule has 4 aromatic rings. The highest BCUT2D eigenvalue weighted by Crippen LogP contribution is 2.47. The van der Waals surface area contributed by atoms with Gasteiger partial charge in [-0.05, 0) is 61.9 Å². The number of hydrogen-bond donors (Lipinski definition) is 2. The van der Waals surface area contributed by atoms with Crippen LogP contribution in [0.1, 0.15) is 46.8 Å². The van der Waals surface area contributed by atoms with Gasteiger partial charge in [0, 0.05) is 29.8 Å². The molecule has 41 heavy (non-hydrogen) atoms. The summed E-state index contributed by atoms with van der Waals surface area (Å²) in [6, 6.07) is 11.8. The number of carbonyl (C=O) groups is 1. The van der Waals surface area contributed by atoms with E-state index in [1.165, 1.54) is 12.1 Å². The fourth-order valence-electron chi connectivity index (χ4n) is 6.02. The van der Waals surface area contributed by atoms with Crippen molar-refractivity contribution in [3.8, 4) is 34.0 Å². The van der Waals surface area contributed by atoms with Gasteiger partial charge in [-0.2, -0.15) is 13.2 Å². The number of aryl methyl sites for hydroxylation is 2. The summed E-state index contributed by atoms with van der Waals surface area (Å²) in [7, 11) is 0. The third-order valence-corrected chi connectivity index (χ3v) is 8.05. The Labute approximate surface area is 233 Å². The number of likely N-dealkylation sites (tertiary alicyclic amines) is 1. The molecule has 6 rings (SSSR count). The molecule has 11 heteroatoms. The lowest BCUT2D eigenvalue weighted by atomic mass is 9.84. The van der Waals surface area contributed by atoms with Crippen molar-refractivity contribution in [2.45, 2.75) is 44.9 Å². The van der Waals surface area contributed by atoms with Crippen molar-refractivity contribution < 1.29 is 37.2 Å². The molecule has 0 saturated carbocycles. The van der Waals surface area contributed by atoms with Crippen LogP contribution in [-0.4, -0.2) is 51.0 Å². The van der Waals surface area contributed by atoms with Gasteiger partial charge >= 0.3 is 12.1 Å². The Morgan fingerprint density at radius 2 is 1.83 bits per heavy atom. The Morgan fingerprint density at radius 1 is 1.10 bits per heavy atom. The molecule has 0 bridgehead atoms. The van der Waals surface area contributed by atoms with Crippen LogP contribution in [0.15, 0.2) is 51.5 Å². The molecule has 1 saturated heterocycles. The lowest BCUT2D eigenvalue weighted by Gasteiger charge is -2.32.